The van der Waals surface area contributed by atoms with E-state index in [9.17, 15) is 9.59 Å². The molecule has 0 spiro atoms. The van der Waals surface area contributed by atoms with Crippen LogP contribution in [0, 0.1) is 0 Å². The highest BCUT2D eigenvalue weighted by Crippen LogP contribution is 2.56. The standard InChI is InChI=1S/C46H36N4O4/c1-53-42(51)36-27-15-17-29-38(36)45(47-31-40(48-45)32-19-7-3-8-20-32)46(39-30-18-16-28-37(39)43(52)54-2)49-41(33-21-9-4-10-22-33)44(50-46,34-23-11-5-12-24-34)35-25-13-6-14-26-35/h3-31,50H,1-2H3. The molecule has 0 saturated carbocycles. The van der Waals surface area contributed by atoms with E-state index in [1.807, 2.05) is 121 Å². The van der Waals surface area contributed by atoms with Gasteiger partial charge < -0.3 is 9.47 Å². The number of carbonyl (C=O) groups excluding carboxylic acids is 2. The Balaban J connectivity index is 1.59. The maximum atomic E-state index is 13.9. The van der Waals surface area contributed by atoms with Crippen LogP contribution < -0.4 is 5.32 Å². The van der Waals surface area contributed by atoms with E-state index in [1.54, 1.807) is 30.5 Å². The number of methoxy groups -OCH3 is 2. The quantitative estimate of drug-likeness (QED) is 0.154. The van der Waals surface area contributed by atoms with Crippen molar-refractivity contribution in [2.24, 2.45) is 15.0 Å². The molecule has 2 aliphatic heterocycles. The Morgan fingerprint density at radius 2 is 0.963 bits per heavy atom. The van der Waals surface area contributed by atoms with E-state index in [0.29, 0.717) is 22.6 Å². The molecule has 0 radical (unpaired) electrons. The number of rotatable bonds is 9. The van der Waals surface area contributed by atoms with Gasteiger partial charge in [0.2, 0.25) is 5.66 Å². The lowest BCUT2D eigenvalue weighted by Crippen LogP contribution is -2.60. The van der Waals surface area contributed by atoms with Crippen molar-refractivity contribution in [1.82, 2.24) is 5.32 Å². The molecule has 2 atom stereocenters. The van der Waals surface area contributed by atoms with Crippen LogP contribution in [0.1, 0.15) is 54.1 Å². The van der Waals surface area contributed by atoms with E-state index in [2.05, 4.69) is 29.6 Å². The Labute approximate surface area is 313 Å². The summed E-state index contributed by atoms with van der Waals surface area (Å²) in [5, 5.41) is 4.09. The number of esters is 2. The molecule has 2 aliphatic rings. The van der Waals surface area contributed by atoms with E-state index >= 15 is 0 Å². The summed E-state index contributed by atoms with van der Waals surface area (Å²) >= 11 is 0. The molecular weight excluding hydrogens is 673 g/mol. The van der Waals surface area contributed by atoms with Gasteiger partial charge in [0.1, 0.15) is 5.54 Å². The van der Waals surface area contributed by atoms with Gasteiger partial charge in [-0.25, -0.2) is 14.6 Å². The second kappa shape index (κ2) is 14.0. The van der Waals surface area contributed by atoms with Crippen molar-refractivity contribution >= 4 is 29.6 Å². The van der Waals surface area contributed by atoms with Crippen LogP contribution in [0.2, 0.25) is 0 Å². The molecule has 6 aromatic carbocycles. The third kappa shape index (κ3) is 5.38. The van der Waals surface area contributed by atoms with Gasteiger partial charge >= 0.3 is 11.9 Å². The Bertz CT molecular complexity index is 2390. The molecule has 0 aromatic heterocycles. The van der Waals surface area contributed by atoms with Crippen molar-refractivity contribution in [2.75, 3.05) is 14.2 Å². The molecule has 264 valence electrons. The topological polar surface area (TPSA) is 102 Å². The Morgan fingerprint density at radius 3 is 1.50 bits per heavy atom. The molecule has 2 heterocycles. The van der Waals surface area contributed by atoms with Gasteiger partial charge in [-0.2, -0.15) is 0 Å². The van der Waals surface area contributed by atoms with Crippen molar-refractivity contribution < 1.29 is 19.1 Å². The van der Waals surface area contributed by atoms with Gasteiger partial charge in [0.05, 0.1) is 43.0 Å². The molecule has 6 aromatic rings. The molecule has 1 N–H and O–H groups in total. The first kappa shape index (κ1) is 34.3. The van der Waals surface area contributed by atoms with Crippen molar-refractivity contribution in [2.45, 2.75) is 16.9 Å². The number of aliphatic imine (C=N–C) groups is 3. The highest BCUT2D eigenvalue weighted by molar-refractivity contribution is 6.39. The molecular formula is C46H36N4O4. The minimum atomic E-state index is -1.74. The molecule has 0 fully saturated rings. The van der Waals surface area contributed by atoms with Crippen LogP contribution in [0.5, 0.6) is 0 Å². The summed E-state index contributed by atoms with van der Waals surface area (Å²) in [7, 11) is 2.70. The van der Waals surface area contributed by atoms with Crippen LogP contribution >= 0.6 is 0 Å². The van der Waals surface area contributed by atoms with Crippen molar-refractivity contribution in [1.29, 1.82) is 0 Å². The van der Waals surface area contributed by atoms with Crippen LogP contribution in [-0.4, -0.2) is 43.8 Å². The molecule has 8 rings (SSSR count). The molecule has 54 heavy (non-hydrogen) atoms. The minimum absolute atomic E-state index is 0.250. The SMILES string of the molecule is COC(=O)c1ccccc1C1(C2(c3ccccc3C(=O)OC)N=C(c3ccccc3)C(c3ccccc3)(c3ccccc3)N2)N=CC(c2ccccc2)=N1. The van der Waals surface area contributed by atoms with Crippen LogP contribution in [0.4, 0.5) is 0 Å². The summed E-state index contributed by atoms with van der Waals surface area (Å²) in [5.74, 6) is -1.13. The Hall–Kier alpha value is -6.77. The van der Waals surface area contributed by atoms with Crippen LogP contribution in [0.3, 0.4) is 0 Å². The fraction of sp³-hybridized carbons (Fsp3) is 0.109. The van der Waals surface area contributed by atoms with Crippen molar-refractivity contribution in [3.63, 3.8) is 0 Å². The molecule has 0 bridgehead atoms. The fourth-order valence-corrected chi connectivity index (χ4v) is 7.72. The number of benzene rings is 6. The largest absolute Gasteiger partial charge is 0.465 e. The number of carbonyl (C=O) groups is 2. The van der Waals surface area contributed by atoms with Gasteiger partial charge in [-0.15, -0.1) is 0 Å². The molecule has 8 heteroatoms. The predicted octanol–water partition coefficient (Wildman–Crippen LogP) is 7.88. The maximum Gasteiger partial charge on any atom is 0.338 e. The monoisotopic (exact) mass is 708 g/mol. The third-order valence-electron chi connectivity index (χ3n) is 10.1. The molecule has 8 nitrogen and oxygen atoms in total. The lowest BCUT2D eigenvalue weighted by atomic mass is 9.74. The average Bonchev–Trinajstić information content (AvgIpc) is 3.88. The number of hydrogen-bond donors (Lipinski definition) is 1. The first-order valence-corrected chi connectivity index (χ1v) is 17.6. The Morgan fingerprint density at radius 1 is 0.519 bits per heavy atom. The normalized spacial score (nSPS) is 19.8. The highest BCUT2D eigenvalue weighted by atomic mass is 16.5. The fourth-order valence-electron chi connectivity index (χ4n) is 7.72. The number of hydrogen-bond acceptors (Lipinski definition) is 8. The smallest absolute Gasteiger partial charge is 0.338 e. The van der Waals surface area contributed by atoms with Gasteiger partial charge in [-0.05, 0) is 28.8 Å². The van der Waals surface area contributed by atoms with Gasteiger partial charge in [-0.1, -0.05) is 158 Å². The highest BCUT2D eigenvalue weighted by Gasteiger charge is 2.66. The van der Waals surface area contributed by atoms with E-state index < -0.39 is 28.8 Å². The summed E-state index contributed by atoms with van der Waals surface area (Å²) in [6, 6.07) is 54.2. The lowest BCUT2D eigenvalue weighted by molar-refractivity contribution is 0.0578. The van der Waals surface area contributed by atoms with E-state index in [4.69, 9.17) is 24.5 Å². The van der Waals surface area contributed by atoms with Crippen LogP contribution in [0.15, 0.2) is 185 Å². The van der Waals surface area contributed by atoms with Crippen molar-refractivity contribution in [3.05, 3.63) is 214 Å². The first-order valence-electron chi connectivity index (χ1n) is 17.6. The molecule has 2 unspecified atom stereocenters. The van der Waals surface area contributed by atoms with Gasteiger partial charge in [-0.3, -0.25) is 15.3 Å². The summed E-state index contributed by atoms with van der Waals surface area (Å²) < 4.78 is 10.8. The third-order valence-corrected chi connectivity index (χ3v) is 10.1. The van der Waals surface area contributed by atoms with Crippen LogP contribution in [0.25, 0.3) is 0 Å². The zero-order valence-corrected chi connectivity index (χ0v) is 29.7. The second-order valence-electron chi connectivity index (χ2n) is 13.0. The van der Waals surface area contributed by atoms with Gasteiger partial charge in [0.15, 0.2) is 5.66 Å². The number of nitrogens with one attached hydrogen (secondary N) is 1. The van der Waals surface area contributed by atoms with Crippen LogP contribution in [-0.2, 0) is 26.3 Å². The lowest BCUT2D eigenvalue weighted by Gasteiger charge is -2.45. The maximum absolute atomic E-state index is 13.9. The summed E-state index contributed by atoms with van der Waals surface area (Å²) in [4.78, 5) is 44.4. The summed E-state index contributed by atoms with van der Waals surface area (Å²) in [6.07, 6.45) is 1.72. The Kier molecular flexibility index (Phi) is 8.89. The van der Waals surface area contributed by atoms with E-state index in [0.717, 1.165) is 22.3 Å². The number of nitrogens with zero attached hydrogens (tertiary/aromatic N) is 3. The van der Waals surface area contributed by atoms with E-state index in [-0.39, 0.29) is 11.1 Å². The molecule has 0 saturated heterocycles. The first-order chi connectivity index (χ1) is 26.5. The second-order valence-corrected chi connectivity index (χ2v) is 13.0. The summed E-state index contributed by atoms with van der Waals surface area (Å²) in [6.45, 7) is 0. The number of ether oxygens (including phenoxy) is 2. The molecule has 0 aliphatic carbocycles. The minimum Gasteiger partial charge on any atom is -0.465 e. The summed E-state index contributed by atoms with van der Waals surface area (Å²) in [5.41, 5.74) is 1.45. The van der Waals surface area contributed by atoms with Crippen molar-refractivity contribution in [3.8, 4) is 0 Å². The van der Waals surface area contributed by atoms with Gasteiger partial charge in [0.25, 0.3) is 0 Å². The average molecular weight is 709 g/mol. The predicted molar refractivity (Wildman–Crippen MR) is 210 cm³/mol. The zero-order valence-electron chi connectivity index (χ0n) is 29.7. The van der Waals surface area contributed by atoms with E-state index in [1.165, 1.54) is 14.2 Å². The zero-order chi connectivity index (χ0) is 37.2. The van der Waals surface area contributed by atoms with Gasteiger partial charge in [0, 0.05) is 16.7 Å². The molecule has 0 amide bonds.